The summed E-state index contributed by atoms with van der Waals surface area (Å²) in [6.45, 7) is 1.72. The van der Waals surface area contributed by atoms with Crippen molar-refractivity contribution >= 4 is 11.9 Å². The highest BCUT2D eigenvalue weighted by Gasteiger charge is 2.08. The van der Waals surface area contributed by atoms with Crippen LogP contribution in [-0.4, -0.2) is 25.0 Å². The van der Waals surface area contributed by atoms with Gasteiger partial charge in [-0.15, -0.1) is 6.42 Å². The molecule has 0 aliphatic rings. The maximum absolute atomic E-state index is 11.5. The lowest BCUT2D eigenvalue weighted by molar-refractivity contribution is -0.123. The quantitative estimate of drug-likeness (QED) is 0.618. The molecular weight excluding hydrogens is 218 g/mol. The summed E-state index contributed by atoms with van der Waals surface area (Å²) in [7, 11) is 0. The lowest BCUT2D eigenvalue weighted by atomic mass is 10.1. The zero-order valence-corrected chi connectivity index (χ0v) is 9.53. The van der Waals surface area contributed by atoms with Crippen molar-refractivity contribution in [2.45, 2.75) is 6.92 Å². The Kier molecular flexibility index (Phi) is 4.77. The maximum atomic E-state index is 11.5. The van der Waals surface area contributed by atoms with Gasteiger partial charge in [0.05, 0.1) is 12.1 Å². The smallest absolute Gasteiger partial charge is 0.338 e. The third kappa shape index (κ3) is 4.39. The number of carbonyl (C=O) groups is 2. The molecule has 4 heteroatoms. The van der Waals surface area contributed by atoms with Gasteiger partial charge in [0.1, 0.15) is 0 Å². The van der Waals surface area contributed by atoms with Gasteiger partial charge in [0, 0.05) is 0 Å². The Morgan fingerprint density at radius 1 is 1.35 bits per heavy atom. The van der Waals surface area contributed by atoms with E-state index in [1.807, 2.05) is 6.92 Å². The van der Waals surface area contributed by atoms with Crippen LogP contribution in [0.1, 0.15) is 15.9 Å². The second kappa shape index (κ2) is 6.33. The average Bonchev–Trinajstić information content (AvgIpc) is 2.34. The van der Waals surface area contributed by atoms with Crippen LogP contribution >= 0.6 is 0 Å². The van der Waals surface area contributed by atoms with Crippen LogP contribution in [0, 0.1) is 19.3 Å². The summed E-state index contributed by atoms with van der Waals surface area (Å²) in [6.07, 6.45) is 4.97. The topological polar surface area (TPSA) is 55.4 Å². The number of esters is 1. The lowest BCUT2D eigenvalue weighted by Crippen LogP contribution is -2.28. The molecule has 0 bridgehead atoms. The van der Waals surface area contributed by atoms with E-state index in [1.165, 1.54) is 0 Å². The summed E-state index contributed by atoms with van der Waals surface area (Å²) in [5, 5.41) is 2.40. The van der Waals surface area contributed by atoms with Crippen LogP contribution in [-0.2, 0) is 9.53 Å². The Labute approximate surface area is 100.0 Å². The first-order chi connectivity index (χ1) is 8.13. The summed E-state index contributed by atoms with van der Waals surface area (Å²) in [6, 6.07) is 6.90. The lowest BCUT2D eigenvalue weighted by Gasteiger charge is -2.04. The molecule has 88 valence electrons. The van der Waals surface area contributed by atoms with Gasteiger partial charge < -0.3 is 10.1 Å². The Morgan fingerprint density at radius 2 is 2.00 bits per heavy atom. The third-order valence-electron chi connectivity index (χ3n) is 2.01. The molecule has 1 aromatic rings. The predicted molar refractivity (Wildman–Crippen MR) is 63.3 cm³/mol. The molecule has 1 N–H and O–H groups in total. The van der Waals surface area contributed by atoms with Crippen LogP contribution in [0.5, 0.6) is 0 Å². The second-order valence-electron chi connectivity index (χ2n) is 3.42. The number of ether oxygens (including phenoxy) is 1. The molecule has 1 rings (SSSR count). The van der Waals surface area contributed by atoms with E-state index >= 15 is 0 Å². The highest BCUT2D eigenvalue weighted by atomic mass is 16.5. The van der Waals surface area contributed by atoms with Gasteiger partial charge in [0.25, 0.3) is 5.91 Å². The molecule has 4 nitrogen and oxygen atoms in total. The number of terminal acetylenes is 1. The molecule has 1 aromatic carbocycles. The maximum Gasteiger partial charge on any atom is 0.338 e. The minimum absolute atomic E-state index is 0.126. The van der Waals surface area contributed by atoms with Crippen LogP contribution < -0.4 is 5.32 Å². The molecular formula is C13H13NO3. The second-order valence-corrected chi connectivity index (χ2v) is 3.42. The highest BCUT2D eigenvalue weighted by Crippen LogP contribution is 2.04. The first-order valence-electron chi connectivity index (χ1n) is 5.07. The van der Waals surface area contributed by atoms with Gasteiger partial charge in [0.2, 0.25) is 0 Å². The van der Waals surface area contributed by atoms with Crippen molar-refractivity contribution in [3.63, 3.8) is 0 Å². The Bertz CT molecular complexity index is 443. The number of aryl methyl sites for hydroxylation is 1. The van der Waals surface area contributed by atoms with Crippen molar-refractivity contribution in [3.8, 4) is 12.3 Å². The molecule has 0 atom stereocenters. The average molecular weight is 231 g/mol. The zero-order valence-electron chi connectivity index (χ0n) is 9.53. The molecule has 0 fully saturated rings. The highest BCUT2D eigenvalue weighted by molar-refractivity contribution is 5.91. The predicted octanol–water partition coefficient (Wildman–Crippen LogP) is 0.901. The van der Waals surface area contributed by atoms with E-state index in [0.29, 0.717) is 5.56 Å². The molecule has 0 unspecified atom stereocenters. The number of amides is 1. The molecule has 17 heavy (non-hydrogen) atoms. The summed E-state index contributed by atoms with van der Waals surface area (Å²) in [4.78, 5) is 22.6. The minimum Gasteiger partial charge on any atom is -0.452 e. The number of rotatable bonds is 4. The van der Waals surface area contributed by atoms with Crippen molar-refractivity contribution in [2.75, 3.05) is 13.2 Å². The van der Waals surface area contributed by atoms with E-state index in [1.54, 1.807) is 24.3 Å². The molecule has 0 saturated carbocycles. The van der Waals surface area contributed by atoms with Crippen molar-refractivity contribution < 1.29 is 14.3 Å². The summed E-state index contributed by atoms with van der Waals surface area (Å²) in [5.41, 5.74) is 1.47. The largest absolute Gasteiger partial charge is 0.452 e. The van der Waals surface area contributed by atoms with Crippen LogP contribution in [0.15, 0.2) is 24.3 Å². The fraction of sp³-hybridized carbons (Fsp3) is 0.231. The zero-order chi connectivity index (χ0) is 12.7. The Balaban J connectivity index is 2.42. The van der Waals surface area contributed by atoms with Crippen molar-refractivity contribution in [3.05, 3.63) is 35.4 Å². The van der Waals surface area contributed by atoms with E-state index < -0.39 is 11.9 Å². The van der Waals surface area contributed by atoms with Crippen molar-refractivity contribution in [1.29, 1.82) is 0 Å². The third-order valence-corrected chi connectivity index (χ3v) is 2.01. The van der Waals surface area contributed by atoms with Crippen LogP contribution in [0.4, 0.5) is 0 Å². The number of nitrogens with one attached hydrogen (secondary N) is 1. The van der Waals surface area contributed by atoms with E-state index in [-0.39, 0.29) is 13.2 Å². The van der Waals surface area contributed by atoms with Gasteiger partial charge in [-0.2, -0.15) is 0 Å². The normalized spacial score (nSPS) is 9.18. The monoisotopic (exact) mass is 231 g/mol. The van der Waals surface area contributed by atoms with Crippen molar-refractivity contribution in [2.24, 2.45) is 0 Å². The molecule has 0 aromatic heterocycles. The molecule has 0 heterocycles. The number of hydrogen-bond donors (Lipinski definition) is 1. The fourth-order valence-electron chi connectivity index (χ4n) is 1.10. The summed E-state index contributed by atoms with van der Waals surface area (Å²) < 4.78 is 4.81. The molecule has 0 saturated heterocycles. The van der Waals surface area contributed by atoms with Gasteiger partial charge in [-0.25, -0.2) is 4.79 Å². The van der Waals surface area contributed by atoms with Crippen LogP contribution in [0.2, 0.25) is 0 Å². The number of hydrogen-bond acceptors (Lipinski definition) is 3. The first kappa shape index (κ1) is 12.8. The SMILES string of the molecule is C#CCNC(=O)COC(=O)c1ccc(C)cc1. The minimum atomic E-state index is -0.527. The molecule has 0 spiro atoms. The Morgan fingerprint density at radius 3 is 2.59 bits per heavy atom. The van der Waals surface area contributed by atoms with Gasteiger partial charge in [0.15, 0.2) is 6.61 Å². The van der Waals surface area contributed by atoms with Gasteiger partial charge in [-0.05, 0) is 19.1 Å². The fourth-order valence-corrected chi connectivity index (χ4v) is 1.10. The summed E-state index contributed by atoms with van der Waals surface area (Å²) >= 11 is 0. The number of carbonyl (C=O) groups excluding carboxylic acids is 2. The van der Waals surface area contributed by atoms with Gasteiger partial charge >= 0.3 is 5.97 Å². The Hall–Kier alpha value is -2.28. The van der Waals surface area contributed by atoms with Gasteiger partial charge in [-0.3, -0.25) is 4.79 Å². The molecule has 0 aliphatic heterocycles. The van der Waals surface area contributed by atoms with Crippen LogP contribution in [0.3, 0.4) is 0 Å². The first-order valence-corrected chi connectivity index (χ1v) is 5.07. The summed E-state index contributed by atoms with van der Waals surface area (Å²) in [5.74, 6) is 1.31. The molecule has 1 amide bonds. The van der Waals surface area contributed by atoms with E-state index in [9.17, 15) is 9.59 Å². The van der Waals surface area contributed by atoms with E-state index in [0.717, 1.165) is 5.56 Å². The van der Waals surface area contributed by atoms with E-state index in [2.05, 4.69) is 11.2 Å². The standard InChI is InChI=1S/C13H13NO3/c1-3-8-14-12(15)9-17-13(16)11-6-4-10(2)5-7-11/h1,4-7H,8-9H2,2H3,(H,14,15). The molecule has 0 aliphatic carbocycles. The van der Waals surface area contributed by atoms with E-state index in [4.69, 9.17) is 11.2 Å². The van der Waals surface area contributed by atoms with Crippen molar-refractivity contribution in [1.82, 2.24) is 5.32 Å². The molecule has 0 radical (unpaired) electrons. The van der Waals surface area contributed by atoms with Gasteiger partial charge in [-0.1, -0.05) is 23.6 Å². The number of benzene rings is 1. The van der Waals surface area contributed by atoms with Crippen LogP contribution in [0.25, 0.3) is 0 Å².